The number of hydrogen-bond acceptors (Lipinski definition) is 13. The molecule has 2 rings (SSSR count). The summed E-state index contributed by atoms with van der Waals surface area (Å²) in [5.74, 6) is -8.27. The third kappa shape index (κ3) is 24.2. The number of rotatable bonds is 34. The Bertz CT molecular complexity index is 2190. The Morgan fingerprint density at radius 2 is 1.11 bits per heavy atom. The van der Waals surface area contributed by atoms with Crippen LogP contribution >= 0.6 is 0 Å². The molecule has 0 fully saturated rings. The number of nitrogens with zero attached hydrogens (tertiary/aromatic N) is 2. The standard InChI is InChI=1S/C50H82N14O11/c1-9-30(8)41(51)48(73)62-36(20-29(6)7)44(69)59-34(18-27(2)3)42(67)56-24-40(66)58-33(16-13-17-55-50(52)53)43(68)61-37(22-32-23-54-26-57-32)46(71)64-39(25-65)47(72)60-35(19-28(4)5)45(70)63-38(49(74)75)21-31-14-11-10-12-15-31/h10-12,14-15,23,26-30,33-39,41,65H,9,13,16-22,24-25,51H2,1-8H3,(H,54,57)(H,56,67)(H,58,66)(H,59,69)(H,60,72)(H,61,68)(H,62,73)(H,63,70)(H,64,71)(H,74,75)(H4,52,53,55)/t30-,33-,34-,35-,36-,37-,38-,39-,41-/m0/s1. The molecule has 0 unspecified atom stereocenters. The molecular formula is C50H82N14O11. The summed E-state index contributed by atoms with van der Waals surface area (Å²) in [5.41, 5.74) is 18.1. The molecule has 0 spiro atoms. The van der Waals surface area contributed by atoms with E-state index >= 15 is 0 Å². The minimum absolute atomic E-state index is 0.0202. The van der Waals surface area contributed by atoms with E-state index in [1.165, 1.54) is 12.5 Å². The summed E-state index contributed by atoms with van der Waals surface area (Å²) >= 11 is 0. The first-order valence-electron chi connectivity index (χ1n) is 25.4. The number of nitrogens with one attached hydrogen (secondary N) is 9. The molecule has 2 aromatic rings. The van der Waals surface area contributed by atoms with Gasteiger partial charge in [0.25, 0.3) is 0 Å². The highest BCUT2D eigenvalue weighted by atomic mass is 16.4. The Labute approximate surface area is 438 Å². The molecule has 0 aliphatic heterocycles. The second-order valence-corrected chi connectivity index (χ2v) is 19.9. The van der Waals surface area contributed by atoms with Crippen LogP contribution in [0.4, 0.5) is 0 Å². The molecule has 0 aliphatic carbocycles. The van der Waals surface area contributed by atoms with Crippen LogP contribution in [0.2, 0.25) is 0 Å². The topological polar surface area (TPSA) is 409 Å². The van der Waals surface area contributed by atoms with Gasteiger partial charge in [-0.3, -0.25) is 43.3 Å². The number of carboxylic acid groups (broad SMARTS) is 1. The van der Waals surface area contributed by atoms with Gasteiger partial charge in [0.05, 0.1) is 25.5 Å². The monoisotopic (exact) mass is 1050 g/mol. The molecule has 0 aliphatic rings. The Morgan fingerprint density at radius 3 is 1.60 bits per heavy atom. The molecule has 9 atom stereocenters. The van der Waals surface area contributed by atoms with Gasteiger partial charge in [-0.25, -0.2) is 9.78 Å². The number of carboxylic acids is 1. The van der Waals surface area contributed by atoms with Crippen LogP contribution < -0.4 is 59.7 Å². The fourth-order valence-electron chi connectivity index (χ4n) is 7.63. The number of amides is 8. The van der Waals surface area contributed by atoms with E-state index in [4.69, 9.17) is 17.2 Å². The molecule has 0 saturated heterocycles. The maximum Gasteiger partial charge on any atom is 0.326 e. The molecule has 0 bridgehead atoms. The predicted molar refractivity (Wildman–Crippen MR) is 279 cm³/mol. The van der Waals surface area contributed by atoms with E-state index < -0.39 is 115 Å². The first-order valence-corrected chi connectivity index (χ1v) is 25.4. The van der Waals surface area contributed by atoms with Crippen molar-refractivity contribution < 1.29 is 53.4 Å². The summed E-state index contributed by atoms with van der Waals surface area (Å²) in [4.78, 5) is 132. The minimum Gasteiger partial charge on any atom is -0.480 e. The number of carbonyl (C=O) groups excluding carboxylic acids is 8. The zero-order valence-electron chi connectivity index (χ0n) is 44.4. The summed E-state index contributed by atoms with van der Waals surface area (Å²) < 4.78 is 0. The molecule has 1 heterocycles. The number of aliphatic carboxylic acids is 1. The quantitative estimate of drug-likeness (QED) is 0.0212. The molecule has 0 radical (unpaired) electrons. The summed E-state index contributed by atoms with van der Waals surface area (Å²) in [6, 6.07) is -1.51. The number of aromatic nitrogens is 2. The lowest BCUT2D eigenvalue weighted by atomic mass is 9.97. The Kier molecular flexibility index (Phi) is 28.1. The average molecular weight is 1060 g/mol. The predicted octanol–water partition coefficient (Wildman–Crippen LogP) is -1.65. The third-order valence-corrected chi connectivity index (χ3v) is 11.9. The number of aliphatic imine (C=N–C) groups is 1. The van der Waals surface area contributed by atoms with Crippen molar-refractivity contribution in [2.75, 3.05) is 19.7 Å². The van der Waals surface area contributed by atoms with Crippen LogP contribution in [-0.2, 0) is 56.0 Å². The molecule has 0 saturated carbocycles. The first-order chi connectivity index (χ1) is 35.3. The van der Waals surface area contributed by atoms with Crippen molar-refractivity contribution in [3.63, 3.8) is 0 Å². The summed E-state index contributed by atoms with van der Waals surface area (Å²) in [5, 5.41) is 40.8. The molecule has 1 aromatic carbocycles. The van der Waals surface area contributed by atoms with Gasteiger partial charge in [0, 0.05) is 31.3 Å². The number of hydrogen-bond donors (Lipinski definition) is 14. The highest BCUT2D eigenvalue weighted by Crippen LogP contribution is 2.13. The highest BCUT2D eigenvalue weighted by molar-refractivity contribution is 5.97. The van der Waals surface area contributed by atoms with E-state index in [2.05, 4.69) is 57.5 Å². The van der Waals surface area contributed by atoms with E-state index in [1.807, 2.05) is 41.5 Å². The van der Waals surface area contributed by atoms with Crippen LogP contribution in [-0.4, -0.2) is 147 Å². The molecule has 1 aromatic heterocycles. The van der Waals surface area contributed by atoms with Crippen molar-refractivity contribution in [2.24, 2.45) is 45.9 Å². The first kappa shape index (κ1) is 64.0. The number of guanidine groups is 1. The van der Waals surface area contributed by atoms with Gasteiger partial charge in [0.1, 0.15) is 42.3 Å². The molecule has 25 heteroatoms. The molecule has 17 N–H and O–H groups in total. The summed E-state index contributed by atoms with van der Waals surface area (Å²) in [7, 11) is 0. The van der Waals surface area contributed by atoms with E-state index in [0.717, 1.165) is 0 Å². The van der Waals surface area contributed by atoms with E-state index in [1.54, 1.807) is 44.2 Å². The molecular weight excluding hydrogens is 973 g/mol. The molecule has 418 valence electrons. The van der Waals surface area contributed by atoms with Crippen molar-refractivity contribution in [3.8, 4) is 0 Å². The van der Waals surface area contributed by atoms with Gasteiger partial charge in [-0.05, 0) is 61.3 Å². The van der Waals surface area contributed by atoms with Gasteiger partial charge in [-0.2, -0.15) is 0 Å². The Hall–Kier alpha value is -7.15. The van der Waals surface area contributed by atoms with Gasteiger partial charge in [0.15, 0.2) is 5.96 Å². The second kappa shape index (κ2) is 32.9. The minimum atomic E-state index is -1.67. The van der Waals surface area contributed by atoms with Crippen LogP contribution in [0.1, 0.15) is 105 Å². The lowest BCUT2D eigenvalue weighted by Gasteiger charge is -2.27. The van der Waals surface area contributed by atoms with Crippen LogP contribution in [0.3, 0.4) is 0 Å². The number of carbonyl (C=O) groups is 9. The number of nitrogens with two attached hydrogens (primary N) is 3. The zero-order chi connectivity index (χ0) is 56.4. The maximum absolute atomic E-state index is 14.1. The molecule has 25 nitrogen and oxygen atoms in total. The Morgan fingerprint density at radius 1 is 0.627 bits per heavy atom. The van der Waals surface area contributed by atoms with Crippen LogP contribution in [0.25, 0.3) is 0 Å². The number of aliphatic hydroxyl groups is 1. The van der Waals surface area contributed by atoms with Gasteiger partial charge in [-0.15, -0.1) is 0 Å². The smallest absolute Gasteiger partial charge is 0.326 e. The second-order valence-electron chi connectivity index (χ2n) is 19.9. The number of benzene rings is 1. The van der Waals surface area contributed by atoms with Crippen molar-refractivity contribution in [1.29, 1.82) is 0 Å². The van der Waals surface area contributed by atoms with Gasteiger partial charge >= 0.3 is 5.97 Å². The fourth-order valence-corrected chi connectivity index (χ4v) is 7.63. The summed E-state index contributed by atoms with van der Waals surface area (Å²) in [6.07, 6.45) is 3.63. The molecule has 75 heavy (non-hydrogen) atoms. The largest absolute Gasteiger partial charge is 0.480 e. The lowest BCUT2D eigenvalue weighted by Crippen LogP contribution is -2.60. The average Bonchev–Trinajstić information content (AvgIpc) is 3.87. The number of aliphatic hydroxyl groups excluding tert-OH is 1. The van der Waals surface area contributed by atoms with Crippen molar-refractivity contribution in [3.05, 3.63) is 54.1 Å². The SMILES string of the molecule is CC[C@H](C)[C@H](N)C(=O)N[C@@H](CC(C)C)C(=O)N[C@@H](CC(C)C)C(=O)NCC(=O)N[C@@H](CCCN=C(N)N)C(=O)N[C@@H](Cc1cnc[nH]1)C(=O)N[C@@H](CO)C(=O)N[C@@H](CC(C)C)C(=O)N[C@@H](Cc1ccccc1)C(=O)O. The number of H-pyrrole nitrogens is 1. The molecule has 8 amide bonds. The van der Waals surface area contributed by atoms with E-state index in [9.17, 15) is 53.4 Å². The van der Waals surface area contributed by atoms with Crippen LogP contribution in [0.15, 0.2) is 47.8 Å². The van der Waals surface area contributed by atoms with Crippen LogP contribution in [0.5, 0.6) is 0 Å². The van der Waals surface area contributed by atoms with E-state index in [-0.39, 0.29) is 81.1 Å². The fraction of sp³-hybridized carbons (Fsp3) is 0.620. The van der Waals surface area contributed by atoms with Crippen molar-refractivity contribution >= 4 is 59.2 Å². The van der Waals surface area contributed by atoms with Gasteiger partial charge in [-0.1, -0.05) is 92.1 Å². The maximum atomic E-state index is 14.1. The zero-order valence-corrected chi connectivity index (χ0v) is 44.4. The summed E-state index contributed by atoms with van der Waals surface area (Å²) in [6.45, 7) is 13.1. The Balaban J connectivity index is 2.31. The normalized spacial score (nSPS) is 14.8. The van der Waals surface area contributed by atoms with Gasteiger partial charge in [0.2, 0.25) is 47.3 Å². The van der Waals surface area contributed by atoms with Crippen LogP contribution in [0, 0.1) is 23.7 Å². The van der Waals surface area contributed by atoms with Crippen molar-refractivity contribution in [2.45, 2.75) is 155 Å². The third-order valence-electron chi connectivity index (χ3n) is 11.9. The van der Waals surface area contributed by atoms with Crippen molar-refractivity contribution in [1.82, 2.24) is 52.5 Å². The number of aromatic amines is 1. The lowest BCUT2D eigenvalue weighted by molar-refractivity contribution is -0.142. The van der Waals surface area contributed by atoms with E-state index in [0.29, 0.717) is 17.7 Å². The number of imidazole rings is 1. The van der Waals surface area contributed by atoms with Gasteiger partial charge < -0.3 is 74.9 Å². The highest BCUT2D eigenvalue weighted by Gasteiger charge is 2.34.